The molecule has 0 heterocycles. The average Bonchev–Trinajstić information content (AvgIpc) is 2.37. The Hall–Kier alpha value is -1.88. The highest BCUT2D eigenvalue weighted by molar-refractivity contribution is 6.32. The lowest BCUT2D eigenvalue weighted by Gasteiger charge is -2.14. The van der Waals surface area contributed by atoms with E-state index in [0.717, 1.165) is 6.07 Å². The molecule has 2 N–H and O–H groups in total. The van der Waals surface area contributed by atoms with E-state index in [1.54, 1.807) is 6.07 Å². The number of halogens is 4. The Morgan fingerprint density at radius 1 is 1.10 bits per heavy atom. The molecular weight excluding hydrogens is 291 g/mol. The standard InChI is InChI=1S/C14H11ClF3NO/c15-12-7-10(19)5-6-13(12)20-8-9-3-1-2-4-11(9)14(16,17)18/h1-7H,8,19H2. The molecule has 20 heavy (non-hydrogen) atoms. The van der Waals surface area contributed by atoms with Gasteiger partial charge in [0, 0.05) is 11.3 Å². The van der Waals surface area contributed by atoms with Gasteiger partial charge in [0.15, 0.2) is 0 Å². The third-order valence-corrected chi connectivity index (χ3v) is 2.96. The molecule has 2 rings (SSSR count). The van der Waals surface area contributed by atoms with Gasteiger partial charge in [-0.3, -0.25) is 0 Å². The van der Waals surface area contributed by atoms with E-state index >= 15 is 0 Å². The van der Waals surface area contributed by atoms with Crippen molar-refractivity contribution in [1.29, 1.82) is 0 Å². The zero-order chi connectivity index (χ0) is 14.8. The minimum atomic E-state index is -4.41. The van der Waals surface area contributed by atoms with Crippen molar-refractivity contribution in [2.75, 3.05) is 5.73 Å². The first-order chi connectivity index (χ1) is 9.38. The van der Waals surface area contributed by atoms with Gasteiger partial charge in [-0.1, -0.05) is 29.8 Å². The topological polar surface area (TPSA) is 35.2 Å². The van der Waals surface area contributed by atoms with Crippen molar-refractivity contribution in [2.24, 2.45) is 0 Å². The van der Waals surface area contributed by atoms with Crippen LogP contribution in [0.25, 0.3) is 0 Å². The second-order valence-corrected chi connectivity index (χ2v) is 4.54. The summed E-state index contributed by atoms with van der Waals surface area (Å²) in [5.74, 6) is 0.290. The lowest BCUT2D eigenvalue weighted by Crippen LogP contribution is -2.10. The van der Waals surface area contributed by atoms with Gasteiger partial charge in [-0.25, -0.2) is 0 Å². The van der Waals surface area contributed by atoms with Crippen LogP contribution in [0.3, 0.4) is 0 Å². The molecule has 106 valence electrons. The molecule has 0 radical (unpaired) electrons. The van der Waals surface area contributed by atoms with Crippen LogP contribution < -0.4 is 10.5 Å². The number of nitrogens with two attached hydrogens (primary N) is 1. The van der Waals surface area contributed by atoms with E-state index in [-0.39, 0.29) is 22.9 Å². The fourth-order valence-electron chi connectivity index (χ4n) is 1.71. The lowest BCUT2D eigenvalue weighted by molar-refractivity contribution is -0.138. The molecule has 2 aromatic rings. The van der Waals surface area contributed by atoms with Crippen molar-refractivity contribution >= 4 is 17.3 Å². The summed E-state index contributed by atoms with van der Waals surface area (Å²) >= 11 is 5.90. The van der Waals surface area contributed by atoms with Crippen molar-refractivity contribution in [3.63, 3.8) is 0 Å². The number of anilines is 1. The van der Waals surface area contributed by atoms with Crippen molar-refractivity contribution in [1.82, 2.24) is 0 Å². The maximum Gasteiger partial charge on any atom is 0.416 e. The molecule has 6 heteroatoms. The molecule has 0 atom stereocenters. The van der Waals surface area contributed by atoms with Crippen LogP contribution in [0, 0.1) is 0 Å². The first-order valence-corrected chi connectivity index (χ1v) is 6.08. The first-order valence-electron chi connectivity index (χ1n) is 5.71. The number of rotatable bonds is 3. The van der Waals surface area contributed by atoms with E-state index in [1.165, 1.54) is 30.3 Å². The van der Waals surface area contributed by atoms with Gasteiger partial charge in [-0.2, -0.15) is 13.2 Å². The Kier molecular flexibility index (Phi) is 4.09. The number of benzene rings is 2. The van der Waals surface area contributed by atoms with Crippen LogP contribution in [-0.4, -0.2) is 0 Å². The summed E-state index contributed by atoms with van der Waals surface area (Å²) in [6.07, 6.45) is -4.41. The third-order valence-electron chi connectivity index (χ3n) is 2.66. The molecule has 0 aliphatic rings. The molecular formula is C14H11ClF3NO. The maximum absolute atomic E-state index is 12.8. The van der Waals surface area contributed by atoms with Gasteiger partial charge in [0.2, 0.25) is 0 Å². The van der Waals surface area contributed by atoms with Gasteiger partial charge in [-0.15, -0.1) is 0 Å². The summed E-state index contributed by atoms with van der Waals surface area (Å²) in [7, 11) is 0. The normalized spacial score (nSPS) is 11.4. The van der Waals surface area contributed by atoms with Crippen LogP contribution in [0.5, 0.6) is 5.75 Å². The molecule has 2 aromatic carbocycles. The molecule has 0 aliphatic carbocycles. The van der Waals surface area contributed by atoms with Crippen LogP contribution in [0.4, 0.5) is 18.9 Å². The molecule has 0 aromatic heterocycles. The summed E-state index contributed by atoms with van der Waals surface area (Å²) in [4.78, 5) is 0. The number of hydrogen-bond acceptors (Lipinski definition) is 2. The predicted octanol–water partition coefficient (Wildman–Crippen LogP) is 4.52. The number of hydrogen-bond donors (Lipinski definition) is 1. The largest absolute Gasteiger partial charge is 0.487 e. The highest BCUT2D eigenvalue weighted by atomic mass is 35.5. The predicted molar refractivity (Wildman–Crippen MR) is 71.6 cm³/mol. The van der Waals surface area contributed by atoms with E-state index in [4.69, 9.17) is 22.1 Å². The van der Waals surface area contributed by atoms with Crippen LogP contribution in [0.15, 0.2) is 42.5 Å². The van der Waals surface area contributed by atoms with Crippen molar-refractivity contribution in [3.8, 4) is 5.75 Å². The molecule has 0 spiro atoms. The summed E-state index contributed by atoms with van der Waals surface area (Å²) in [6.45, 7) is -0.223. The fraction of sp³-hybridized carbons (Fsp3) is 0.143. The molecule has 0 unspecified atom stereocenters. The van der Waals surface area contributed by atoms with E-state index in [1.807, 2.05) is 0 Å². The zero-order valence-electron chi connectivity index (χ0n) is 10.2. The third kappa shape index (κ3) is 3.36. The fourth-order valence-corrected chi connectivity index (χ4v) is 1.96. The Morgan fingerprint density at radius 2 is 1.80 bits per heavy atom. The summed E-state index contributed by atoms with van der Waals surface area (Å²) in [5, 5.41) is 0.259. The summed E-state index contributed by atoms with van der Waals surface area (Å²) in [6, 6.07) is 9.82. The highest BCUT2D eigenvalue weighted by Crippen LogP contribution is 2.33. The van der Waals surface area contributed by atoms with Gasteiger partial charge < -0.3 is 10.5 Å². The molecule has 0 saturated carbocycles. The van der Waals surface area contributed by atoms with Gasteiger partial charge in [-0.05, 0) is 24.3 Å². The van der Waals surface area contributed by atoms with E-state index in [2.05, 4.69) is 0 Å². The molecule has 0 amide bonds. The molecule has 2 nitrogen and oxygen atoms in total. The van der Waals surface area contributed by atoms with E-state index in [9.17, 15) is 13.2 Å². The Balaban J connectivity index is 2.19. The lowest BCUT2D eigenvalue weighted by atomic mass is 10.1. The zero-order valence-corrected chi connectivity index (χ0v) is 11.0. The second-order valence-electron chi connectivity index (χ2n) is 4.13. The Labute approximate surface area is 118 Å². The Bertz CT molecular complexity index is 614. The molecule has 0 aliphatic heterocycles. The molecule has 0 fully saturated rings. The number of alkyl halides is 3. The van der Waals surface area contributed by atoms with Crippen LogP contribution >= 0.6 is 11.6 Å². The first kappa shape index (κ1) is 14.5. The van der Waals surface area contributed by atoms with Crippen LogP contribution in [-0.2, 0) is 12.8 Å². The van der Waals surface area contributed by atoms with Gasteiger partial charge in [0.25, 0.3) is 0 Å². The Morgan fingerprint density at radius 3 is 2.45 bits per heavy atom. The van der Waals surface area contributed by atoms with Crippen LogP contribution in [0.1, 0.15) is 11.1 Å². The van der Waals surface area contributed by atoms with E-state index < -0.39 is 11.7 Å². The smallest absolute Gasteiger partial charge is 0.416 e. The minimum Gasteiger partial charge on any atom is -0.487 e. The van der Waals surface area contributed by atoms with Crippen molar-refractivity contribution < 1.29 is 17.9 Å². The SMILES string of the molecule is Nc1ccc(OCc2ccccc2C(F)(F)F)c(Cl)c1. The second kappa shape index (κ2) is 5.63. The summed E-state index contributed by atoms with van der Waals surface area (Å²) < 4.78 is 43.8. The van der Waals surface area contributed by atoms with Gasteiger partial charge >= 0.3 is 6.18 Å². The number of nitrogen functional groups attached to an aromatic ring is 1. The molecule has 0 bridgehead atoms. The minimum absolute atomic E-state index is 0.0490. The van der Waals surface area contributed by atoms with Crippen LogP contribution in [0.2, 0.25) is 5.02 Å². The van der Waals surface area contributed by atoms with Gasteiger partial charge in [0.05, 0.1) is 10.6 Å². The summed E-state index contributed by atoms with van der Waals surface area (Å²) in [5.41, 5.74) is 5.32. The quantitative estimate of drug-likeness (QED) is 0.846. The maximum atomic E-state index is 12.8. The monoisotopic (exact) mass is 301 g/mol. The van der Waals surface area contributed by atoms with E-state index in [0.29, 0.717) is 5.69 Å². The molecule has 0 saturated heterocycles. The highest BCUT2D eigenvalue weighted by Gasteiger charge is 2.32. The van der Waals surface area contributed by atoms with Crippen molar-refractivity contribution in [3.05, 3.63) is 58.6 Å². The van der Waals surface area contributed by atoms with Crippen molar-refractivity contribution in [2.45, 2.75) is 12.8 Å². The average molecular weight is 302 g/mol. The number of ether oxygens (including phenoxy) is 1. The van der Waals surface area contributed by atoms with Gasteiger partial charge in [0.1, 0.15) is 12.4 Å².